The quantitative estimate of drug-likeness (QED) is 0.717. The molecule has 0 radical (unpaired) electrons. The van der Waals surface area contributed by atoms with Crippen molar-refractivity contribution in [3.63, 3.8) is 0 Å². The van der Waals surface area contributed by atoms with E-state index in [9.17, 15) is 4.79 Å². The first-order valence-electron chi connectivity index (χ1n) is 3.84. The molecule has 0 aliphatic heterocycles. The molecule has 1 rings (SSSR count). The van der Waals surface area contributed by atoms with Crippen molar-refractivity contribution in [1.82, 2.24) is 4.57 Å². The second-order valence-corrected chi connectivity index (χ2v) is 2.63. The Labute approximate surface area is 76.6 Å². The van der Waals surface area contributed by atoms with E-state index in [1.807, 2.05) is 0 Å². The molecule has 68 valence electrons. The summed E-state index contributed by atoms with van der Waals surface area (Å²) in [5.74, 6) is -0.913. The lowest BCUT2D eigenvalue weighted by atomic mass is 10.2. The standard InChI is InChI=1S/C10H11NO2/c1-3-4-5-9-8(10(12)13)6-7-11(9)2/h3-7H,1H2,2H3,(H,12,13)/b5-4-. The highest BCUT2D eigenvalue weighted by Crippen LogP contribution is 2.11. The molecule has 3 nitrogen and oxygen atoms in total. The van der Waals surface area contributed by atoms with Crippen molar-refractivity contribution in [3.05, 3.63) is 42.3 Å². The zero-order valence-corrected chi connectivity index (χ0v) is 7.40. The number of carbonyl (C=O) groups is 1. The molecular weight excluding hydrogens is 166 g/mol. The van der Waals surface area contributed by atoms with Crippen LogP contribution in [0.25, 0.3) is 6.08 Å². The summed E-state index contributed by atoms with van der Waals surface area (Å²) in [5, 5.41) is 8.81. The Kier molecular flexibility index (Phi) is 2.69. The number of aromatic nitrogens is 1. The molecule has 0 fully saturated rings. The van der Waals surface area contributed by atoms with E-state index in [2.05, 4.69) is 6.58 Å². The molecule has 0 spiro atoms. The van der Waals surface area contributed by atoms with Gasteiger partial charge in [-0.2, -0.15) is 0 Å². The summed E-state index contributed by atoms with van der Waals surface area (Å²) in [5.41, 5.74) is 0.980. The van der Waals surface area contributed by atoms with Crippen LogP contribution in [0.15, 0.2) is 31.0 Å². The van der Waals surface area contributed by atoms with Gasteiger partial charge < -0.3 is 9.67 Å². The van der Waals surface area contributed by atoms with Gasteiger partial charge in [-0.25, -0.2) is 4.79 Å². The highest BCUT2D eigenvalue weighted by atomic mass is 16.4. The van der Waals surface area contributed by atoms with Crippen LogP contribution in [0.4, 0.5) is 0 Å². The number of allylic oxidation sites excluding steroid dienone is 2. The Morgan fingerprint density at radius 2 is 2.38 bits per heavy atom. The highest BCUT2D eigenvalue weighted by Gasteiger charge is 2.09. The minimum Gasteiger partial charge on any atom is -0.478 e. The lowest BCUT2D eigenvalue weighted by Crippen LogP contribution is -1.99. The van der Waals surface area contributed by atoms with Gasteiger partial charge in [-0.05, 0) is 12.1 Å². The van der Waals surface area contributed by atoms with Crippen LogP contribution >= 0.6 is 0 Å². The van der Waals surface area contributed by atoms with E-state index in [4.69, 9.17) is 5.11 Å². The topological polar surface area (TPSA) is 42.2 Å². The van der Waals surface area contributed by atoms with Crippen molar-refractivity contribution >= 4 is 12.0 Å². The summed E-state index contributed by atoms with van der Waals surface area (Å²) in [6.45, 7) is 3.52. The van der Waals surface area contributed by atoms with Crippen LogP contribution in [0, 0.1) is 0 Å². The first kappa shape index (κ1) is 9.32. The summed E-state index contributed by atoms with van der Waals surface area (Å²) >= 11 is 0. The van der Waals surface area contributed by atoms with Crippen LogP contribution < -0.4 is 0 Å². The number of nitrogens with zero attached hydrogens (tertiary/aromatic N) is 1. The van der Waals surface area contributed by atoms with E-state index in [-0.39, 0.29) is 0 Å². The molecule has 0 saturated heterocycles. The molecule has 0 saturated carbocycles. The van der Waals surface area contributed by atoms with Crippen LogP contribution in [-0.4, -0.2) is 15.6 Å². The molecule has 0 amide bonds. The summed E-state index contributed by atoms with van der Waals surface area (Å²) in [6, 6.07) is 1.57. The zero-order chi connectivity index (χ0) is 9.84. The Balaban J connectivity index is 3.15. The van der Waals surface area contributed by atoms with E-state index in [1.54, 1.807) is 42.1 Å². The van der Waals surface area contributed by atoms with E-state index in [1.165, 1.54) is 0 Å². The Hall–Kier alpha value is -1.77. The van der Waals surface area contributed by atoms with Gasteiger partial charge >= 0.3 is 5.97 Å². The zero-order valence-electron chi connectivity index (χ0n) is 7.40. The Morgan fingerprint density at radius 3 is 2.92 bits per heavy atom. The van der Waals surface area contributed by atoms with Gasteiger partial charge in [0.05, 0.1) is 11.3 Å². The number of hydrogen-bond acceptors (Lipinski definition) is 1. The third-order valence-electron chi connectivity index (χ3n) is 1.74. The van der Waals surface area contributed by atoms with E-state index in [0.29, 0.717) is 11.3 Å². The molecule has 1 aromatic rings. The molecule has 0 aliphatic rings. The number of hydrogen-bond donors (Lipinski definition) is 1. The minimum absolute atomic E-state index is 0.306. The van der Waals surface area contributed by atoms with Gasteiger partial charge in [-0.15, -0.1) is 0 Å². The van der Waals surface area contributed by atoms with Crippen molar-refractivity contribution in [2.24, 2.45) is 7.05 Å². The highest BCUT2D eigenvalue weighted by molar-refractivity contribution is 5.91. The number of aromatic carboxylic acids is 1. The number of rotatable bonds is 3. The molecule has 0 atom stereocenters. The largest absolute Gasteiger partial charge is 0.478 e. The molecule has 1 N–H and O–H groups in total. The summed E-state index contributed by atoms with van der Waals surface area (Å²) in [4.78, 5) is 10.7. The fraction of sp³-hybridized carbons (Fsp3) is 0.100. The first-order chi connectivity index (χ1) is 6.16. The first-order valence-corrected chi connectivity index (χ1v) is 3.84. The van der Waals surface area contributed by atoms with E-state index >= 15 is 0 Å². The molecule has 0 aromatic carbocycles. The van der Waals surface area contributed by atoms with Crippen LogP contribution in [0.5, 0.6) is 0 Å². The molecule has 1 heterocycles. The SMILES string of the molecule is C=C/C=C\c1c(C(=O)O)ccn1C. The third-order valence-corrected chi connectivity index (χ3v) is 1.74. The van der Waals surface area contributed by atoms with Gasteiger partial charge in [-0.1, -0.05) is 18.7 Å². The van der Waals surface area contributed by atoms with Gasteiger partial charge in [-0.3, -0.25) is 0 Å². The minimum atomic E-state index is -0.913. The second-order valence-electron chi connectivity index (χ2n) is 2.63. The fourth-order valence-electron chi connectivity index (χ4n) is 1.09. The number of aryl methyl sites for hydroxylation is 1. The fourth-order valence-corrected chi connectivity index (χ4v) is 1.09. The molecule has 0 bridgehead atoms. The van der Waals surface area contributed by atoms with Crippen molar-refractivity contribution in [2.75, 3.05) is 0 Å². The van der Waals surface area contributed by atoms with Crippen molar-refractivity contribution in [2.45, 2.75) is 0 Å². The van der Waals surface area contributed by atoms with Crippen LogP contribution in [0.1, 0.15) is 16.1 Å². The molecule has 3 heteroatoms. The average molecular weight is 177 g/mol. The van der Waals surface area contributed by atoms with Gasteiger partial charge in [0.2, 0.25) is 0 Å². The maximum absolute atomic E-state index is 10.7. The van der Waals surface area contributed by atoms with E-state index in [0.717, 1.165) is 0 Å². The molecular formula is C10H11NO2. The predicted molar refractivity (Wildman–Crippen MR) is 51.6 cm³/mol. The monoisotopic (exact) mass is 177 g/mol. The van der Waals surface area contributed by atoms with Gasteiger partial charge in [0.25, 0.3) is 0 Å². The molecule has 13 heavy (non-hydrogen) atoms. The summed E-state index contributed by atoms with van der Waals surface area (Å²) < 4.78 is 1.75. The van der Waals surface area contributed by atoms with Gasteiger partial charge in [0.15, 0.2) is 0 Å². The Morgan fingerprint density at radius 1 is 1.69 bits per heavy atom. The van der Waals surface area contributed by atoms with Crippen molar-refractivity contribution < 1.29 is 9.90 Å². The molecule has 1 aromatic heterocycles. The maximum atomic E-state index is 10.7. The number of carboxylic acids is 1. The molecule has 0 aliphatic carbocycles. The third kappa shape index (κ3) is 1.87. The summed E-state index contributed by atoms with van der Waals surface area (Å²) in [6.07, 6.45) is 6.75. The van der Waals surface area contributed by atoms with Gasteiger partial charge in [0.1, 0.15) is 0 Å². The maximum Gasteiger partial charge on any atom is 0.337 e. The summed E-state index contributed by atoms with van der Waals surface area (Å²) in [7, 11) is 1.80. The van der Waals surface area contributed by atoms with Crippen molar-refractivity contribution in [3.8, 4) is 0 Å². The van der Waals surface area contributed by atoms with E-state index < -0.39 is 5.97 Å². The van der Waals surface area contributed by atoms with Crippen molar-refractivity contribution in [1.29, 1.82) is 0 Å². The number of carboxylic acid groups (broad SMARTS) is 1. The normalized spacial score (nSPS) is 10.5. The predicted octanol–water partition coefficient (Wildman–Crippen LogP) is 1.92. The van der Waals surface area contributed by atoms with Crippen LogP contribution in [-0.2, 0) is 7.05 Å². The Bertz CT molecular complexity index is 361. The average Bonchev–Trinajstić information content (AvgIpc) is 2.43. The van der Waals surface area contributed by atoms with Crippen LogP contribution in [0.2, 0.25) is 0 Å². The molecule has 0 unspecified atom stereocenters. The lowest BCUT2D eigenvalue weighted by molar-refractivity contribution is 0.0696. The smallest absolute Gasteiger partial charge is 0.337 e. The second kappa shape index (κ2) is 3.76. The lowest BCUT2D eigenvalue weighted by Gasteiger charge is -1.97. The van der Waals surface area contributed by atoms with Gasteiger partial charge in [0, 0.05) is 13.2 Å². The van der Waals surface area contributed by atoms with Crippen LogP contribution in [0.3, 0.4) is 0 Å².